The van der Waals surface area contributed by atoms with Gasteiger partial charge in [0.25, 0.3) is 0 Å². The topological polar surface area (TPSA) is 88.5 Å². The van der Waals surface area contributed by atoms with Crippen LogP contribution < -0.4 is 5.32 Å². The lowest BCUT2D eigenvalue weighted by atomic mass is 9.66. The Morgan fingerprint density at radius 3 is 2.32 bits per heavy atom. The van der Waals surface area contributed by atoms with Gasteiger partial charge in [0.05, 0.1) is 16.2 Å². The lowest BCUT2D eigenvalue weighted by Crippen LogP contribution is -2.31. The Balaban J connectivity index is 1.24. The van der Waals surface area contributed by atoms with Gasteiger partial charge in [-0.25, -0.2) is 4.98 Å². The van der Waals surface area contributed by atoms with Crippen molar-refractivity contribution in [1.82, 2.24) is 4.98 Å². The molecule has 8 heteroatoms. The number of carboxylic acid groups (broad SMARTS) is 1. The molecule has 1 aromatic rings. The SMILES string of the molecule is O=C(O)CSc1cnc(NC(=O)CCC(C2CCCCC2)C2CCC(COCC3CC3)CC2)s1. The van der Waals surface area contributed by atoms with Gasteiger partial charge in [-0.2, -0.15) is 0 Å². The maximum Gasteiger partial charge on any atom is 0.313 e. The second-order valence-corrected chi connectivity index (χ2v) is 12.9. The summed E-state index contributed by atoms with van der Waals surface area (Å²) in [5.74, 6) is 2.93. The van der Waals surface area contributed by atoms with Crippen molar-refractivity contribution in [1.29, 1.82) is 0 Å². The van der Waals surface area contributed by atoms with Crippen molar-refractivity contribution in [3.8, 4) is 0 Å². The van der Waals surface area contributed by atoms with E-state index in [1.165, 1.54) is 93.7 Å². The molecule has 0 radical (unpaired) electrons. The molecule has 0 aromatic carbocycles. The molecule has 3 fully saturated rings. The molecule has 1 atom stereocenters. The fourth-order valence-corrected chi connectivity index (χ4v) is 7.49. The summed E-state index contributed by atoms with van der Waals surface area (Å²) in [4.78, 5) is 27.7. The Morgan fingerprint density at radius 2 is 1.68 bits per heavy atom. The molecule has 190 valence electrons. The number of thiazole rings is 1. The summed E-state index contributed by atoms with van der Waals surface area (Å²) in [5, 5.41) is 12.3. The number of nitrogens with zero attached hydrogens (tertiary/aromatic N) is 1. The summed E-state index contributed by atoms with van der Waals surface area (Å²) in [6, 6.07) is 0. The minimum atomic E-state index is -0.849. The lowest BCUT2D eigenvalue weighted by Gasteiger charge is -2.39. The molecular weight excluding hydrogens is 468 g/mol. The summed E-state index contributed by atoms with van der Waals surface area (Å²) in [6.45, 7) is 1.92. The number of aliphatic carboxylic acids is 1. The predicted octanol–water partition coefficient (Wildman–Crippen LogP) is 6.47. The van der Waals surface area contributed by atoms with Crippen molar-refractivity contribution < 1.29 is 19.4 Å². The van der Waals surface area contributed by atoms with E-state index in [1.807, 2.05) is 0 Å². The highest BCUT2D eigenvalue weighted by Gasteiger charge is 2.34. The summed E-state index contributed by atoms with van der Waals surface area (Å²) in [6.07, 6.45) is 17.7. The molecule has 1 heterocycles. The number of ether oxygens (including phenoxy) is 1. The number of hydrogen-bond donors (Lipinski definition) is 2. The Morgan fingerprint density at radius 1 is 1.03 bits per heavy atom. The highest BCUT2D eigenvalue weighted by molar-refractivity contribution is 8.01. The van der Waals surface area contributed by atoms with E-state index in [0.29, 0.717) is 17.5 Å². The number of amides is 1. The van der Waals surface area contributed by atoms with E-state index < -0.39 is 5.97 Å². The average Bonchev–Trinajstić information content (AvgIpc) is 3.56. The number of thioether (sulfide) groups is 1. The number of carboxylic acids is 1. The second kappa shape index (κ2) is 13.3. The van der Waals surface area contributed by atoms with Crippen molar-refractivity contribution in [3.63, 3.8) is 0 Å². The van der Waals surface area contributed by atoms with E-state index in [1.54, 1.807) is 6.20 Å². The Bertz CT molecular complexity index is 784. The van der Waals surface area contributed by atoms with Gasteiger partial charge in [-0.1, -0.05) is 43.4 Å². The van der Waals surface area contributed by atoms with Crippen LogP contribution in [0, 0.1) is 29.6 Å². The molecule has 1 amide bonds. The molecule has 6 nitrogen and oxygen atoms in total. The number of aromatic nitrogens is 1. The summed E-state index contributed by atoms with van der Waals surface area (Å²) in [5.41, 5.74) is 0. The number of anilines is 1. The minimum absolute atomic E-state index is 0.00748. The van der Waals surface area contributed by atoms with Crippen LogP contribution in [0.3, 0.4) is 0 Å². The normalized spacial score (nSPS) is 24.6. The maximum atomic E-state index is 12.7. The zero-order valence-electron chi connectivity index (χ0n) is 20.2. The van der Waals surface area contributed by atoms with Crippen LogP contribution >= 0.6 is 23.1 Å². The maximum absolute atomic E-state index is 12.7. The van der Waals surface area contributed by atoms with Gasteiger partial charge in [-0.15, -0.1) is 11.8 Å². The first kappa shape index (κ1) is 26.0. The molecule has 2 N–H and O–H groups in total. The van der Waals surface area contributed by atoms with E-state index in [2.05, 4.69) is 10.3 Å². The monoisotopic (exact) mass is 508 g/mol. The van der Waals surface area contributed by atoms with Crippen molar-refractivity contribution >= 4 is 40.1 Å². The average molecular weight is 509 g/mol. The highest BCUT2D eigenvalue weighted by Crippen LogP contribution is 2.43. The third kappa shape index (κ3) is 8.52. The minimum Gasteiger partial charge on any atom is -0.481 e. The highest BCUT2D eigenvalue weighted by atomic mass is 32.2. The summed E-state index contributed by atoms with van der Waals surface area (Å²) in [7, 11) is 0. The molecule has 4 rings (SSSR count). The quantitative estimate of drug-likeness (QED) is 0.297. The van der Waals surface area contributed by atoms with Gasteiger partial charge in [0.1, 0.15) is 0 Å². The standard InChI is InChI=1S/C26H40N2O4S2/c29-23(28-26-27-14-25(34-26)33-17-24(30)31)13-12-22(20-4-2-1-3-5-20)21-10-8-19(9-11-21)16-32-15-18-6-7-18/h14,18-22H,1-13,15-17H2,(H,30,31)(H,27,28,29). The molecule has 1 aromatic heterocycles. The Labute approximate surface area is 212 Å². The van der Waals surface area contributed by atoms with Crippen LogP contribution in [-0.2, 0) is 14.3 Å². The number of rotatable bonds is 13. The fourth-order valence-electron chi connectivity index (χ4n) is 5.88. The van der Waals surface area contributed by atoms with Gasteiger partial charge in [0.2, 0.25) is 5.91 Å². The Kier molecular flexibility index (Phi) is 10.1. The zero-order chi connectivity index (χ0) is 23.8. The molecule has 0 bridgehead atoms. The largest absolute Gasteiger partial charge is 0.481 e. The molecular formula is C26H40N2O4S2. The van der Waals surface area contributed by atoms with Gasteiger partial charge < -0.3 is 15.2 Å². The molecule has 0 saturated heterocycles. The van der Waals surface area contributed by atoms with E-state index in [0.717, 1.165) is 47.5 Å². The van der Waals surface area contributed by atoms with Crippen LogP contribution in [-0.4, -0.2) is 40.9 Å². The number of hydrogen-bond acceptors (Lipinski definition) is 6. The van der Waals surface area contributed by atoms with Crippen LogP contribution in [0.2, 0.25) is 0 Å². The summed E-state index contributed by atoms with van der Waals surface area (Å²) < 4.78 is 6.80. The van der Waals surface area contributed by atoms with Crippen molar-refractivity contribution in [2.45, 2.75) is 87.7 Å². The van der Waals surface area contributed by atoms with Crippen molar-refractivity contribution in [2.24, 2.45) is 29.6 Å². The molecule has 3 aliphatic rings. The first-order valence-electron chi connectivity index (χ1n) is 13.2. The van der Waals surface area contributed by atoms with Crippen LogP contribution in [0.15, 0.2) is 10.4 Å². The lowest BCUT2D eigenvalue weighted by molar-refractivity contribution is -0.133. The summed E-state index contributed by atoms with van der Waals surface area (Å²) >= 11 is 2.59. The fraction of sp³-hybridized carbons (Fsp3) is 0.808. The number of carbonyl (C=O) groups excluding carboxylic acids is 1. The predicted molar refractivity (Wildman–Crippen MR) is 137 cm³/mol. The number of nitrogens with one attached hydrogen (secondary N) is 1. The molecule has 0 spiro atoms. The van der Waals surface area contributed by atoms with E-state index in [9.17, 15) is 9.59 Å². The van der Waals surface area contributed by atoms with Crippen LogP contribution in [0.25, 0.3) is 0 Å². The van der Waals surface area contributed by atoms with Gasteiger partial charge >= 0.3 is 5.97 Å². The third-order valence-corrected chi connectivity index (χ3v) is 10.0. The van der Waals surface area contributed by atoms with Crippen LogP contribution in [0.5, 0.6) is 0 Å². The third-order valence-electron chi connectivity index (χ3n) is 7.93. The molecule has 3 saturated carbocycles. The molecule has 34 heavy (non-hydrogen) atoms. The van der Waals surface area contributed by atoms with E-state index in [-0.39, 0.29) is 11.7 Å². The van der Waals surface area contributed by atoms with Crippen LogP contribution in [0.1, 0.15) is 83.5 Å². The van der Waals surface area contributed by atoms with Crippen molar-refractivity contribution in [3.05, 3.63) is 6.20 Å². The van der Waals surface area contributed by atoms with Gasteiger partial charge in [-0.05, 0) is 74.5 Å². The first-order valence-corrected chi connectivity index (χ1v) is 15.0. The van der Waals surface area contributed by atoms with E-state index >= 15 is 0 Å². The van der Waals surface area contributed by atoms with E-state index in [4.69, 9.17) is 9.84 Å². The van der Waals surface area contributed by atoms with Crippen molar-refractivity contribution in [2.75, 3.05) is 24.3 Å². The Hall–Kier alpha value is -1.12. The second-order valence-electron chi connectivity index (χ2n) is 10.6. The smallest absolute Gasteiger partial charge is 0.313 e. The zero-order valence-corrected chi connectivity index (χ0v) is 21.8. The number of carbonyl (C=O) groups is 2. The first-order chi connectivity index (χ1) is 16.6. The van der Waals surface area contributed by atoms with Gasteiger partial charge in [-0.3, -0.25) is 9.59 Å². The molecule has 1 unspecified atom stereocenters. The van der Waals surface area contributed by atoms with Gasteiger partial charge in [0.15, 0.2) is 5.13 Å². The molecule has 0 aliphatic heterocycles. The molecule has 3 aliphatic carbocycles. The van der Waals surface area contributed by atoms with Crippen LogP contribution in [0.4, 0.5) is 5.13 Å². The van der Waals surface area contributed by atoms with Gasteiger partial charge in [0, 0.05) is 19.6 Å².